The highest BCUT2D eigenvalue weighted by Gasteiger charge is 2.13. The Labute approximate surface area is 147 Å². The van der Waals surface area contributed by atoms with Crippen molar-refractivity contribution in [2.45, 2.75) is 13.0 Å². The summed E-state index contributed by atoms with van der Waals surface area (Å²) < 4.78 is 5.32. The van der Waals surface area contributed by atoms with Crippen molar-refractivity contribution >= 4 is 34.6 Å². The van der Waals surface area contributed by atoms with E-state index in [4.69, 9.17) is 4.74 Å². The van der Waals surface area contributed by atoms with Crippen LogP contribution in [0.25, 0.3) is 0 Å². The molecule has 2 heterocycles. The van der Waals surface area contributed by atoms with Gasteiger partial charge in [0.05, 0.1) is 10.9 Å². The molecule has 3 rings (SSSR count). The molecule has 0 aliphatic rings. The van der Waals surface area contributed by atoms with Crippen LogP contribution < -0.4 is 10.1 Å². The van der Waals surface area contributed by atoms with Crippen LogP contribution in [-0.2, 0) is 0 Å². The molecule has 0 aliphatic carbocycles. The van der Waals surface area contributed by atoms with E-state index in [-0.39, 0.29) is 17.9 Å². The van der Waals surface area contributed by atoms with E-state index < -0.39 is 0 Å². The summed E-state index contributed by atoms with van der Waals surface area (Å²) in [5, 5.41) is 6.65. The first kappa shape index (κ1) is 16.4. The van der Waals surface area contributed by atoms with Gasteiger partial charge in [-0.25, -0.2) is 4.79 Å². The Bertz CT molecular complexity index is 809. The Morgan fingerprint density at radius 2 is 1.58 bits per heavy atom. The average Bonchev–Trinajstić information content (AvgIpc) is 3.29. The van der Waals surface area contributed by atoms with Gasteiger partial charge in [0.25, 0.3) is 5.91 Å². The number of thiophene rings is 2. The zero-order valence-corrected chi connectivity index (χ0v) is 14.5. The van der Waals surface area contributed by atoms with E-state index in [1.807, 2.05) is 41.9 Å². The predicted octanol–water partition coefficient (Wildman–Crippen LogP) is 4.52. The number of carbonyl (C=O) groups is 2. The molecular formula is C18H15NO3S2. The van der Waals surface area contributed by atoms with Crippen LogP contribution in [0.5, 0.6) is 5.75 Å². The van der Waals surface area contributed by atoms with E-state index in [0.717, 1.165) is 5.56 Å². The van der Waals surface area contributed by atoms with Crippen LogP contribution in [0.4, 0.5) is 0 Å². The molecule has 1 amide bonds. The summed E-state index contributed by atoms with van der Waals surface area (Å²) in [5.74, 6) is 0.0245. The minimum atomic E-state index is -0.364. The van der Waals surface area contributed by atoms with Gasteiger partial charge in [-0.2, -0.15) is 0 Å². The van der Waals surface area contributed by atoms with Crippen molar-refractivity contribution in [3.63, 3.8) is 0 Å². The Kier molecular flexibility index (Phi) is 5.08. The Balaban J connectivity index is 1.61. The highest BCUT2D eigenvalue weighted by atomic mass is 32.1. The van der Waals surface area contributed by atoms with Crippen molar-refractivity contribution in [2.75, 3.05) is 0 Å². The summed E-state index contributed by atoms with van der Waals surface area (Å²) in [4.78, 5) is 25.2. The fourth-order valence-electron chi connectivity index (χ4n) is 2.14. The van der Waals surface area contributed by atoms with E-state index >= 15 is 0 Å². The number of esters is 1. The summed E-state index contributed by atoms with van der Waals surface area (Å²) in [6.07, 6.45) is 0. The lowest BCUT2D eigenvalue weighted by Gasteiger charge is -2.14. The third-order valence-electron chi connectivity index (χ3n) is 3.41. The molecule has 2 aromatic heterocycles. The van der Waals surface area contributed by atoms with Gasteiger partial charge >= 0.3 is 5.97 Å². The van der Waals surface area contributed by atoms with E-state index in [0.29, 0.717) is 15.5 Å². The maximum Gasteiger partial charge on any atom is 0.353 e. The highest BCUT2D eigenvalue weighted by molar-refractivity contribution is 7.12. The molecule has 1 N–H and O–H groups in total. The minimum absolute atomic E-state index is 0.0919. The Morgan fingerprint density at radius 1 is 0.958 bits per heavy atom. The fourth-order valence-corrected chi connectivity index (χ4v) is 3.36. The van der Waals surface area contributed by atoms with Crippen molar-refractivity contribution in [1.82, 2.24) is 5.32 Å². The normalized spacial score (nSPS) is 11.7. The predicted molar refractivity (Wildman–Crippen MR) is 95.9 cm³/mol. The summed E-state index contributed by atoms with van der Waals surface area (Å²) >= 11 is 2.75. The first-order valence-electron chi connectivity index (χ1n) is 7.33. The second-order valence-electron chi connectivity index (χ2n) is 5.11. The smallest absolute Gasteiger partial charge is 0.353 e. The van der Waals surface area contributed by atoms with Crippen LogP contribution >= 0.6 is 22.7 Å². The lowest BCUT2D eigenvalue weighted by atomic mass is 10.1. The van der Waals surface area contributed by atoms with Gasteiger partial charge in [-0.1, -0.05) is 24.3 Å². The van der Waals surface area contributed by atoms with Crippen molar-refractivity contribution in [3.8, 4) is 5.75 Å². The van der Waals surface area contributed by atoms with E-state index in [9.17, 15) is 9.59 Å². The molecule has 122 valence electrons. The van der Waals surface area contributed by atoms with Crippen LogP contribution in [0.3, 0.4) is 0 Å². The lowest BCUT2D eigenvalue weighted by Crippen LogP contribution is -2.25. The van der Waals surface area contributed by atoms with Gasteiger partial charge in [0.1, 0.15) is 10.6 Å². The van der Waals surface area contributed by atoms with Crippen molar-refractivity contribution < 1.29 is 14.3 Å². The van der Waals surface area contributed by atoms with Gasteiger partial charge in [-0.15, -0.1) is 22.7 Å². The van der Waals surface area contributed by atoms with Crippen molar-refractivity contribution in [1.29, 1.82) is 0 Å². The number of hydrogen-bond donors (Lipinski definition) is 1. The second-order valence-corrected chi connectivity index (χ2v) is 7.00. The zero-order valence-electron chi connectivity index (χ0n) is 12.9. The number of nitrogens with one attached hydrogen (secondary N) is 1. The third-order valence-corrected chi connectivity index (χ3v) is 5.12. The van der Waals surface area contributed by atoms with Gasteiger partial charge in [0.2, 0.25) is 0 Å². The van der Waals surface area contributed by atoms with Gasteiger partial charge in [0, 0.05) is 0 Å². The standard InChI is InChI=1S/C18H15NO3S2/c1-12(19-17(20)15-4-2-10-23-15)13-6-8-14(9-7-13)22-18(21)16-5-3-11-24-16/h2-12H,1H3,(H,19,20). The first-order valence-corrected chi connectivity index (χ1v) is 9.09. The zero-order chi connectivity index (χ0) is 16.9. The topological polar surface area (TPSA) is 55.4 Å². The maximum atomic E-state index is 12.1. The quantitative estimate of drug-likeness (QED) is 0.539. The highest BCUT2D eigenvalue weighted by Crippen LogP contribution is 2.20. The van der Waals surface area contributed by atoms with Crippen molar-refractivity contribution in [2.24, 2.45) is 0 Å². The molecule has 24 heavy (non-hydrogen) atoms. The number of amides is 1. The summed E-state index contributed by atoms with van der Waals surface area (Å²) in [6, 6.07) is 14.2. The van der Waals surface area contributed by atoms with Crippen LogP contribution in [0, 0.1) is 0 Å². The molecule has 0 spiro atoms. The van der Waals surface area contributed by atoms with Crippen molar-refractivity contribution in [3.05, 3.63) is 74.6 Å². The monoisotopic (exact) mass is 357 g/mol. The van der Waals surface area contributed by atoms with Crippen LogP contribution in [0.1, 0.15) is 37.9 Å². The molecule has 0 aliphatic heterocycles. The second kappa shape index (κ2) is 7.42. The summed E-state index contributed by atoms with van der Waals surface area (Å²) in [6.45, 7) is 1.91. The SMILES string of the molecule is CC(NC(=O)c1cccs1)c1ccc(OC(=O)c2cccs2)cc1. The molecule has 3 aromatic rings. The molecule has 6 heteroatoms. The largest absolute Gasteiger partial charge is 0.422 e. The lowest BCUT2D eigenvalue weighted by molar-refractivity contribution is 0.0739. The molecular weight excluding hydrogens is 342 g/mol. The number of carbonyl (C=O) groups excluding carboxylic acids is 2. The van der Waals surface area contributed by atoms with Crippen LogP contribution in [-0.4, -0.2) is 11.9 Å². The molecule has 4 nitrogen and oxygen atoms in total. The Hall–Kier alpha value is -2.44. The Morgan fingerprint density at radius 3 is 2.17 bits per heavy atom. The number of ether oxygens (including phenoxy) is 1. The minimum Gasteiger partial charge on any atom is -0.422 e. The van der Waals surface area contributed by atoms with E-state index in [2.05, 4.69) is 5.32 Å². The van der Waals surface area contributed by atoms with Gasteiger partial charge in [-0.3, -0.25) is 4.79 Å². The van der Waals surface area contributed by atoms with Gasteiger partial charge in [-0.05, 0) is 47.5 Å². The maximum absolute atomic E-state index is 12.1. The van der Waals surface area contributed by atoms with Crippen LogP contribution in [0.15, 0.2) is 59.3 Å². The third kappa shape index (κ3) is 3.90. The molecule has 0 saturated carbocycles. The summed E-state index contributed by atoms with van der Waals surface area (Å²) in [7, 11) is 0. The van der Waals surface area contributed by atoms with Crippen LogP contribution in [0.2, 0.25) is 0 Å². The molecule has 1 aromatic carbocycles. The molecule has 1 unspecified atom stereocenters. The molecule has 0 saturated heterocycles. The molecule has 0 fully saturated rings. The van der Waals surface area contributed by atoms with E-state index in [1.165, 1.54) is 22.7 Å². The number of rotatable bonds is 5. The first-order chi connectivity index (χ1) is 11.6. The molecule has 1 atom stereocenters. The number of benzene rings is 1. The van der Waals surface area contributed by atoms with E-state index in [1.54, 1.807) is 24.3 Å². The summed E-state index contributed by atoms with van der Waals surface area (Å²) in [5.41, 5.74) is 0.941. The average molecular weight is 357 g/mol. The fraction of sp³-hybridized carbons (Fsp3) is 0.111. The van der Waals surface area contributed by atoms with Gasteiger partial charge in [0.15, 0.2) is 0 Å². The molecule has 0 bridgehead atoms. The van der Waals surface area contributed by atoms with Gasteiger partial charge < -0.3 is 10.1 Å². The molecule has 0 radical (unpaired) electrons. The number of hydrogen-bond acceptors (Lipinski definition) is 5.